The molecule has 0 bridgehead atoms. The van der Waals surface area contributed by atoms with Gasteiger partial charge in [-0.1, -0.05) is 12.5 Å². The molecule has 6 aliphatic carbocycles. The van der Waals surface area contributed by atoms with Gasteiger partial charge in [0, 0.05) is 6.42 Å². The molecule has 5 fully saturated rings. The number of ketones is 1. The van der Waals surface area contributed by atoms with Crippen molar-refractivity contribution in [3.63, 3.8) is 0 Å². The van der Waals surface area contributed by atoms with Gasteiger partial charge < -0.3 is 0 Å². The highest BCUT2D eigenvalue weighted by Gasteiger charge is 2.73. The molecular weight excluding hydrogens is 294 g/mol. The van der Waals surface area contributed by atoms with Crippen LogP contribution in [0.25, 0.3) is 0 Å². The summed E-state index contributed by atoms with van der Waals surface area (Å²) in [6.45, 7) is 2.36. The molecule has 5 saturated carbocycles. The zero-order valence-corrected chi connectivity index (χ0v) is 14.6. The standard InChI is InChI=1S/C22H27NO/c1-2-22-6-5-13-12-4-3-11(24)7-14(12)15-8-17(15)20(13)21(22)18-9-16(18)19(22)10-23/h7,12-13,15-21H,2-6,8-9H2,1H3/t12-,13-,15+,16+,17+,18-,19+,20+,21+,22-/m1/s1. The number of hydrogen-bond donors (Lipinski definition) is 0. The molecule has 6 aliphatic rings. The molecule has 126 valence electrons. The number of nitrogens with zero attached hydrogens (tertiary/aromatic N) is 1. The summed E-state index contributed by atoms with van der Waals surface area (Å²) in [6, 6.07) is 2.78. The average Bonchev–Trinajstić information content (AvgIpc) is 3.50. The minimum Gasteiger partial charge on any atom is -0.295 e. The number of rotatable bonds is 1. The maximum atomic E-state index is 12.0. The first kappa shape index (κ1) is 14.1. The van der Waals surface area contributed by atoms with Crippen molar-refractivity contribution in [2.24, 2.45) is 58.7 Å². The van der Waals surface area contributed by atoms with Gasteiger partial charge in [0.05, 0.1) is 12.0 Å². The Morgan fingerprint density at radius 1 is 1.17 bits per heavy atom. The van der Waals surface area contributed by atoms with Gasteiger partial charge in [-0.05, 0) is 97.4 Å². The number of hydrogen-bond acceptors (Lipinski definition) is 2. The van der Waals surface area contributed by atoms with E-state index in [4.69, 9.17) is 0 Å². The van der Waals surface area contributed by atoms with Gasteiger partial charge in [0.15, 0.2) is 5.78 Å². The van der Waals surface area contributed by atoms with Crippen molar-refractivity contribution in [2.45, 2.75) is 51.9 Å². The summed E-state index contributed by atoms with van der Waals surface area (Å²) in [5.41, 5.74) is 1.91. The van der Waals surface area contributed by atoms with Crippen molar-refractivity contribution in [1.29, 1.82) is 5.26 Å². The second-order valence-corrected chi connectivity index (χ2v) is 9.82. The molecule has 0 radical (unpaired) electrons. The summed E-state index contributed by atoms with van der Waals surface area (Å²) in [5.74, 6) is 7.21. The van der Waals surface area contributed by atoms with Gasteiger partial charge >= 0.3 is 0 Å². The normalized spacial score (nSPS) is 59.1. The number of carbonyl (C=O) groups is 1. The van der Waals surface area contributed by atoms with Crippen molar-refractivity contribution in [2.75, 3.05) is 0 Å². The molecule has 10 atom stereocenters. The Labute approximate surface area is 144 Å². The Morgan fingerprint density at radius 3 is 2.83 bits per heavy atom. The van der Waals surface area contributed by atoms with E-state index in [0.717, 1.165) is 54.3 Å². The number of allylic oxidation sites excluding steroid dienone is 1. The fourth-order valence-corrected chi connectivity index (χ4v) is 8.58. The van der Waals surface area contributed by atoms with Crippen LogP contribution in [0.5, 0.6) is 0 Å². The minimum atomic E-state index is 0.348. The van der Waals surface area contributed by atoms with E-state index < -0.39 is 0 Å². The summed E-state index contributed by atoms with van der Waals surface area (Å²) >= 11 is 0. The summed E-state index contributed by atoms with van der Waals surface area (Å²) in [7, 11) is 0. The highest BCUT2D eigenvalue weighted by Crippen LogP contribution is 2.78. The van der Waals surface area contributed by atoms with Crippen molar-refractivity contribution >= 4 is 5.78 Å². The largest absolute Gasteiger partial charge is 0.295 e. The molecule has 0 unspecified atom stereocenters. The molecule has 0 N–H and O–H groups in total. The Bertz CT molecular complexity index is 701. The monoisotopic (exact) mass is 321 g/mol. The van der Waals surface area contributed by atoms with Crippen LogP contribution in [0.15, 0.2) is 11.6 Å². The van der Waals surface area contributed by atoms with Gasteiger partial charge in [-0.25, -0.2) is 0 Å². The molecule has 0 heterocycles. The van der Waals surface area contributed by atoms with Crippen LogP contribution < -0.4 is 0 Å². The van der Waals surface area contributed by atoms with Crippen molar-refractivity contribution in [3.8, 4) is 6.07 Å². The van der Waals surface area contributed by atoms with Crippen LogP contribution in [0.1, 0.15) is 51.9 Å². The lowest BCUT2D eigenvalue weighted by Gasteiger charge is -2.55. The molecule has 0 amide bonds. The highest BCUT2D eigenvalue weighted by atomic mass is 16.1. The number of nitriles is 1. The van der Waals surface area contributed by atoms with Crippen LogP contribution in [0, 0.1) is 70.0 Å². The fourth-order valence-electron chi connectivity index (χ4n) is 8.58. The lowest BCUT2D eigenvalue weighted by Crippen LogP contribution is -2.50. The Morgan fingerprint density at radius 2 is 2.04 bits per heavy atom. The molecule has 2 heteroatoms. The quantitative estimate of drug-likeness (QED) is 0.719. The molecule has 0 spiro atoms. The third-order valence-electron chi connectivity index (χ3n) is 9.45. The molecule has 0 aromatic carbocycles. The van der Waals surface area contributed by atoms with E-state index in [9.17, 15) is 10.1 Å². The van der Waals surface area contributed by atoms with E-state index in [2.05, 4.69) is 19.1 Å². The van der Waals surface area contributed by atoms with E-state index in [1.54, 1.807) is 5.57 Å². The van der Waals surface area contributed by atoms with Gasteiger partial charge in [-0.15, -0.1) is 0 Å². The Hall–Kier alpha value is -1.10. The third kappa shape index (κ3) is 1.48. The number of carbonyl (C=O) groups excluding carboxylic acids is 1. The average molecular weight is 321 g/mol. The maximum Gasteiger partial charge on any atom is 0.155 e. The molecule has 0 aliphatic heterocycles. The Balaban J connectivity index is 1.43. The first-order chi connectivity index (χ1) is 11.7. The molecule has 6 rings (SSSR count). The predicted molar refractivity (Wildman–Crippen MR) is 90.5 cm³/mol. The zero-order chi connectivity index (χ0) is 16.2. The van der Waals surface area contributed by atoms with Crippen molar-refractivity contribution in [3.05, 3.63) is 11.6 Å². The van der Waals surface area contributed by atoms with E-state index in [0.29, 0.717) is 23.0 Å². The third-order valence-corrected chi connectivity index (χ3v) is 9.45. The van der Waals surface area contributed by atoms with E-state index in [1.165, 1.54) is 32.1 Å². The Kier molecular flexibility index (Phi) is 2.56. The van der Waals surface area contributed by atoms with Crippen LogP contribution in [0.2, 0.25) is 0 Å². The molecular formula is C22H27NO. The van der Waals surface area contributed by atoms with E-state index in [-0.39, 0.29) is 0 Å². The summed E-state index contributed by atoms with van der Waals surface area (Å²) in [6.07, 6.45) is 10.5. The first-order valence-corrected chi connectivity index (χ1v) is 10.3. The van der Waals surface area contributed by atoms with Crippen LogP contribution in [0.3, 0.4) is 0 Å². The van der Waals surface area contributed by atoms with Gasteiger partial charge in [0.1, 0.15) is 0 Å². The minimum absolute atomic E-state index is 0.348. The van der Waals surface area contributed by atoms with Gasteiger partial charge in [0.2, 0.25) is 0 Å². The fraction of sp³-hybridized carbons (Fsp3) is 0.818. The summed E-state index contributed by atoms with van der Waals surface area (Å²) in [4.78, 5) is 12.0. The predicted octanol–water partition coefficient (Wildman–Crippen LogP) is 4.37. The molecule has 0 aromatic rings. The van der Waals surface area contributed by atoms with Gasteiger partial charge in [0.25, 0.3) is 0 Å². The topological polar surface area (TPSA) is 40.9 Å². The summed E-state index contributed by atoms with van der Waals surface area (Å²) in [5, 5.41) is 9.89. The van der Waals surface area contributed by atoms with Crippen LogP contribution in [-0.4, -0.2) is 5.78 Å². The summed E-state index contributed by atoms with van der Waals surface area (Å²) < 4.78 is 0. The molecule has 0 aromatic heterocycles. The zero-order valence-electron chi connectivity index (χ0n) is 14.6. The highest BCUT2D eigenvalue weighted by molar-refractivity contribution is 5.91. The SMILES string of the molecule is CC[C@]12CC[C@H]3[C@@H]([C@H]4C[C@H]4C4=CC(=O)CC[C@@H]43)[C@@H]1[C@@H]1C[C@@H]1[C@@H]2C#N. The lowest BCUT2D eigenvalue weighted by molar-refractivity contribution is -0.116. The smallest absolute Gasteiger partial charge is 0.155 e. The first-order valence-electron chi connectivity index (χ1n) is 10.3. The van der Waals surface area contributed by atoms with Crippen LogP contribution >= 0.6 is 0 Å². The maximum absolute atomic E-state index is 12.0. The van der Waals surface area contributed by atoms with E-state index in [1.807, 2.05) is 0 Å². The van der Waals surface area contributed by atoms with Gasteiger partial charge in [-0.3, -0.25) is 4.79 Å². The lowest BCUT2D eigenvalue weighted by atomic mass is 9.49. The second-order valence-electron chi connectivity index (χ2n) is 9.82. The number of fused-ring (bicyclic) bond motifs is 10. The molecule has 2 nitrogen and oxygen atoms in total. The van der Waals surface area contributed by atoms with Crippen LogP contribution in [0.4, 0.5) is 0 Å². The van der Waals surface area contributed by atoms with Crippen LogP contribution in [-0.2, 0) is 4.79 Å². The molecule has 0 saturated heterocycles. The van der Waals surface area contributed by atoms with E-state index >= 15 is 0 Å². The van der Waals surface area contributed by atoms with Crippen molar-refractivity contribution < 1.29 is 4.79 Å². The van der Waals surface area contributed by atoms with Gasteiger partial charge in [-0.2, -0.15) is 5.26 Å². The second kappa shape index (κ2) is 4.35. The molecule has 24 heavy (non-hydrogen) atoms. The van der Waals surface area contributed by atoms with Crippen molar-refractivity contribution in [1.82, 2.24) is 0 Å².